The summed E-state index contributed by atoms with van der Waals surface area (Å²) in [6.07, 6.45) is 1.79. The molecule has 16 heavy (non-hydrogen) atoms. The number of hydrogen-bond acceptors (Lipinski definition) is 3. The summed E-state index contributed by atoms with van der Waals surface area (Å²) in [6.45, 7) is 3.00. The van der Waals surface area contributed by atoms with E-state index in [4.69, 9.17) is 0 Å². The van der Waals surface area contributed by atoms with Crippen LogP contribution >= 0.6 is 0 Å². The van der Waals surface area contributed by atoms with E-state index in [0.717, 1.165) is 30.6 Å². The van der Waals surface area contributed by atoms with Gasteiger partial charge in [0.2, 0.25) is 0 Å². The van der Waals surface area contributed by atoms with Gasteiger partial charge in [-0.05, 0) is 37.5 Å². The number of benzene rings is 1. The van der Waals surface area contributed by atoms with Gasteiger partial charge in [0.15, 0.2) is 0 Å². The molecule has 2 atom stereocenters. The fourth-order valence-corrected chi connectivity index (χ4v) is 2.31. The SMILES string of the molecule is C[C@@H](O)c1ccc(N2CCCC2CO)cc1. The highest BCUT2D eigenvalue weighted by molar-refractivity contribution is 5.49. The Hall–Kier alpha value is -1.06. The summed E-state index contributed by atoms with van der Waals surface area (Å²) in [7, 11) is 0. The van der Waals surface area contributed by atoms with E-state index in [-0.39, 0.29) is 12.6 Å². The van der Waals surface area contributed by atoms with E-state index in [2.05, 4.69) is 4.90 Å². The van der Waals surface area contributed by atoms with Crippen LogP contribution in [0.25, 0.3) is 0 Å². The third-order valence-electron chi connectivity index (χ3n) is 3.30. The summed E-state index contributed by atoms with van der Waals surface area (Å²) in [5.41, 5.74) is 2.07. The van der Waals surface area contributed by atoms with Gasteiger partial charge in [-0.2, -0.15) is 0 Å². The van der Waals surface area contributed by atoms with Gasteiger partial charge in [0.25, 0.3) is 0 Å². The second-order valence-electron chi connectivity index (χ2n) is 4.44. The maximum Gasteiger partial charge on any atom is 0.0761 e. The van der Waals surface area contributed by atoms with Gasteiger partial charge in [0.1, 0.15) is 0 Å². The molecule has 1 fully saturated rings. The normalized spacial score (nSPS) is 22.4. The Labute approximate surface area is 96.3 Å². The van der Waals surface area contributed by atoms with Crippen LogP contribution in [0.4, 0.5) is 5.69 Å². The molecule has 1 saturated heterocycles. The van der Waals surface area contributed by atoms with E-state index in [0.29, 0.717) is 0 Å². The molecule has 1 aromatic rings. The molecule has 2 rings (SSSR count). The Morgan fingerprint density at radius 1 is 1.38 bits per heavy atom. The predicted octanol–water partition coefficient (Wildman–Crippen LogP) is 1.70. The Balaban J connectivity index is 2.15. The molecule has 0 spiro atoms. The van der Waals surface area contributed by atoms with Crippen molar-refractivity contribution in [3.8, 4) is 0 Å². The van der Waals surface area contributed by atoms with E-state index < -0.39 is 6.10 Å². The summed E-state index contributed by atoms with van der Waals surface area (Å²) in [5, 5.41) is 18.7. The maximum atomic E-state index is 9.42. The van der Waals surface area contributed by atoms with Crippen LogP contribution in [0.1, 0.15) is 31.4 Å². The second-order valence-corrected chi connectivity index (χ2v) is 4.44. The molecule has 3 nitrogen and oxygen atoms in total. The van der Waals surface area contributed by atoms with Crippen molar-refractivity contribution < 1.29 is 10.2 Å². The lowest BCUT2D eigenvalue weighted by Gasteiger charge is -2.25. The van der Waals surface area contributed by atoms with Crippen molar-refractivity contribution in [1.82, 2.24) is 0 Å². The fourth-order valence-electron chi connectivity index (χ4n) is 2.31. The number of aliphatic hydroxyl groups is 2. The van der Waals surface area contributed by atoms with Crippen LogP contribution in [-0.4, -0.2) is 29.4 Å². The minimum Gasteiger partial charge on any atom is -0.394 e. The average Bonchev–Trinajstić information content (AvgIpc) is 2.77. The van der Waals surface area contributed by atoms with Gasteiger partial charge in [-0.25, -0.2) is 0 Å². The highest BCUT2D eigenvalue weighted by Gasteiger charge is 2.23. The van der Waals surface area contributed by atoms with Gasteiger partial charge in [0.05, 0.1) is 18.8 Å². The average molecular weight is 221 g/mol. The molecule has 0 amide bonds. The second kappa shape index (κ2) is 4.85. The summed E-state index contributed by atoms with van der Waals surface area (Å²) < 4.78 is 0. The standard InChI is InChI=1S/C13H19NO2/c1-10(16)11-4-6-12(7-5-11)14-8-2-3-13(14)9-15/h4-7,10,13,15-16H,2-3,8-9H2,1H3/t10-,13?/m1/s1. The zero-order valence-electron chi connectivity index (χ0n) is 9.63. The Morgan fingerprint density at radius 2 is 2.06 bits per heavy atom. The molecule has 1 unspecified atom stereocenters. The molecule has 0 aliphatic carbocycles. The van der Waals surface area contributed by atoms with Crippen LogP contribution in [0, 0.1) is 0 Å². The molecule has 88 valence electrons. The smallest absolute Gasteiger partial charge is 0.0761 e. The monoisotopic (exact) mass is 221 g/mol. The van der Waals surface area contributed by atoms with E-state index in [1.54, 1.807) is 6.92 Å². The van der Waals surface area contributed by atoms with Gasteiger partial charge in [-0.3, -0.25) is 0 Å². The number of hydrogen-bond donors (Lipinski definition) is 2. The van der Waals surface area contributed by atoms with Crippen LogP contribution in [-0.2, 0) is 0 Å². The van der Waals surface area contributed by atoms with E-state index in [1.807, 2.05) is 24.3 Å². The molecule has 1 aliphatic rings. The van der Waals surface area contributed by atoms with Crippen LogP contribution in [0.5, 0.6) is 0 Å². The van der Waals surface area contributed by atoms with Crippen molar-refractivity contribution in [3.63, 3.8) is 0 Å². The molecule has 0 saturated carbocycles. The molecule has 2 N–H and O–H groups in total. The number of nitrogens with zero attached hydrogens (tertiary/aromatic N) is 1. The molecule has 0 bridgehead atoms. The lowest BCUT2D eigenvalue weighted by Crippen LogP contribution is -2.31. The first-order chi connectivity index (χ1) is 7.72. The Kier molecular flexibility index (Phi) is 3.46. The zero-order valence-corrected chi connectivity index (χ0v) is 9.63. The molecule has 0 radical (unpaired) electrons. The predicted molar refractivity (Wildman–Crippen MR) is 64.5 cm³/mol. The van der Waals surface area contributed by atoms with E-state index >= 15 is 0 Å². The lowest BCUT2D eigenvalue weighted by atomic mass is 10.1. The highest BCUT2D eigenvalue weighted by atomic mass is 16.3. The molecule has 0 aromatic heterocycles. The minimum atomic E-state index is -0.415. The lowest BCUT2D eigenvalue weighted by molar-refractivity contribution is 0.199. The number of rotatable bonds is 3. The summed E-state index contributed by atoms with van der Waals surface area (Å²) in [6, 6.07) is 8.21. The third kappa shape index (κ3) is 2.20. The van der Waals surface area contributed by atoms with Gasteiger partial charge in [0, 0.05) is 12.2 Å². The molecule has 1 aliphatic heterocycles. The summed E-state index contributed by atoms with van der Waals surface area (Å²) >= 11 is 0. The van der Waals surface area contributed by atoms with Crippen molar-refractivity contribution in [1.29, 1.82) is 0 Å². The van der Waals surface area contributed by atoms with E-state index in [9.17, 15) is 10.2 Å². The Morgan fingerprint density at radius 3 is 2.62 bits per heavy atom. The summed E-state index contributed by atoms with van der Waals surface area (Å²) in [5.74, 6) is 0. The third-order valence-corrected chi connectivity index (χ3v) is 3.30. The van der Waals surface area contributed by atoms with Crippen molar-refractivity contribution in [2.24, 2.45) is 0 Å². The van der Waals surface area contributed by atoms with Gasteiger partial charge < -0.3 is 15.1 Å². The minimum absolute atomic E-state index is 0.220. The molecular formula is C13H19NO2. The van der Waals surface area contributed by atoms with Gasteiger partial charge in [-0.15, -0.1) is 0 Å². The molecule has 1 aromatic carbocycles. The topological polar surface area (TPSA) is 43.7 Å². The van der Waals surface area contributed by atoms with Crippen molar-refractivity contribution in [3.05, 3.63) is 29.8 Å². The number of anilines is 1. The largest absolute Gasteiger partial charge is 0.394 e. The first-order valence-corrected chi connectivity index (χ1v) is 5.88. The fraction of sp³-hybridized carbons (Fsp3) is 0.538. The summed E-state index contributed by atoms with van der Waals surface area (Å²) in [4.78, 5) is 2.24. The van der Waals surface area contributed by atoms with Gasteiger partial charge >= 0.3 is 0 Å². The van der Waals surface area contributed by atoms with Crippen molar-refractivity contribution >= 4 is 5.69 Å². The maximum absolute atomic E-state index is 9.42. The first-order valence-electron chi connectivity index (χ1n) is 5.88. The molecule has 1 heterocycles. The quantitative estimate of drug-likeness (QED) is 0.816. The van der Waals surface area contributed by atoms with Gasteiger partial charge in [-0.1, -0.05) is 12.1 Å². The van der Waals surface area contributed by atoms with Crippen LogP contribution in [0.15, 0.2) is 24.3 Å². The van der Waals surface area contributed by atoms with Crippen molar-refractivity contribution in [2.75, 3.05) is 18.1 Å². The van der Waals surface area contributed by atoms with E-state index in [1.165, 1.54) is 0 Å². The van der Waals surface area contributed by atoms with Crippen LogP contribution in [0.3, 0.4) is 0 Å². The number of aliphatic hydroxyl groups excluding tert-OH is 2. The Bertz CT molecular complexity index is 334. The molecule has 3 heteroatoms. The first kappa shape index (κ1) is 11.4. The zero-order chi connectivity index (χ0) is 11.5. The molecular weight excluding hydrogens is 202 g/mol. The van der Waals surface area contributed by atoms with Crippen LogP contribution < -0.4 is 4.90 Å². The van der Waals surface area contributed by atoms with Crippen LogP contribution in [0.2, 0.25) is 0 Å². The van der Waals surface area contributed by atoms with Crippen molar-refractivity contribution in [2.45, 2.75) is 31.9 Å². The highest BCUT2D eigenvalue weighted by Crippen LogP contribution is 2.26.